The lowest BCUT2D eigenvalue weighted by molar-refractivity contribution is 0.0730. The lowest BCUT2D eigenvalue weighted by Crippen LogP contribution is -2.46. The first-order valence-electron chi connectivity index (χ1n) is 6.19. The van der Waals surface area contributed by atoms with E-state index in [-0.39, 0.29) is 5.91 Å². The van der Waals surface area contributed by atoms with Gasteiger partial charge in [-0.1, -0.05) is 0 Å². The highest BCUT2D eigenvalue weighted by Gasteiger charge is 2.20. The van der Waals surface area contributed by atoms with E-state index in [1.807, 2.05) is 34.6 Å². The number of nitrogens with zero attached hydrogens (tertiary/aromatic N) is 3. The van der Waals surface area contributed by atoms with E-state index in [1.165, 1.54) is 0 Å². The van der Waals surface area contributed by atoms with Gasteiger partial charge < -0.3 is 14.6 Å². The molecule has 3 rings (SSSR count). The van der Waals surface area contributed by atoms with Crippen molar-refractivity contribution < 1.29 is 4.79 Å². The Morgan fingerprint density at radius 1 is 1.39 bits per heavy atom. The van der Waals surface area contributed by atoms with Crippen LogP contribution in [0.4, 0.5) is 0 Å². The largest absolute Gasteiger partial charge is 0.335 e. The van der Waals surface area contributed by atoms with Crippen LogP contribution in [0.25, 0.3) is 5.65 Å². The molecule has 0 aromatic carbocycles. The van der Waals surface area contributed by atoms with Crippen molar-refractivity contribution in [3.05, 3.63) is 35.8 Å². The quantitative estimate of drug-likeness (QED) is 0.803. The van der Waals surface area contributed by atoms with Gasteiger partial charge in [-0.3, -0.25) is 4.79 Å². The van der Waals surface area contributed by atoms with E-state index in [4.69, 9.17) is 0 Å². The predicted octanol–water partition coefficient (Wildman–Crippen LogP) is 0.688. The van der Waals surface area contributed by atoms with Crippen molar-refractivity contribution in [1.82, 2.24) is 19.6 Å². The monoisotopic (exact) mass is 244 g/mol. The number of aryl methyl sites for hydroxylation is 1. The van der Waals surface area contributed by atoms with Gasteiger partial charge in [0.15, 0.2) is 0 Å². The Morgan fingerprint density at radius 3 is 2.94 bits per heavy atom. The van der Waals surface area contributed by atoms with Crippen LogP contribution in [-0.2, 0) is 0 Å². The Labute approximate surface area is 105 Å². The predicted molar refractivity (Wildman–Crippen MR) is 68.7 cm³/mol. The molecular weight excluding hydrogens is 228 g/mol. The van der Waals surface area contributed by atoms with Crippen LogP contribution in [0.15, 0.2) is 24.5 Å². The molecule has 1 fully saturated rings. The fourth-order valence-electron chi connectivity index (χ4n) is 2.22. The van der Waals surface area contributed by atoms with Crippen LogP contribution in [0, 0.1) is 6.92 Å². The molecule has 1 aliphatic rings. The minimum Gasteiger partial charge on any atom is -0.335 e. The number of hydrogen-bond acceptors (Lipinski definition) is 3. The summed E-state index contributed by atoms with van der Waals surface area (Å²) in [6.45, 7) is 5.25. The molecule has 5 heteroatoms. The number of hydrogen-bond donors (Lipinski definition) is 1. The molecule has 0 spiro atoms. The first-order valence-corrected chi connectivity index (χ1v) is 6.19. The molecule has 5 nitrogen and oxygen atoms in total. The van der Waals surface area contributed by atoms with Gasteiger partial charge >= 0.3 is 0 Å². The number of rotatable bonds is 1. The number of piperazine rings is 1. The summed E-state index contributed by atoms with van der Waals surface area (Å²) in [5, 5.41) is 3.24. The van der Waals surface area contributed by atoms with E-state index in [1.54, 1.807) is 6.20 Å². The molecule has 1 aliphatic heterocycles. The third-order valence-electron chi connectivity index (χ3n) is 3.24. The zero-order valence-electron chi connectivity index (χ0n) is 10.4. The minimum absolute atomic E-state index is 0.0258. The van der Waals surface area contributed by atoms with Crippen LogP contribution in [0.1, 0.15) is 16.1 Å². The Morgan fingerprint density at radius 2 is 2.17 bits per heavy atom. The number of amides is 1. The lowest BCUT2D eigenvalue weighted by Gasteiger charge is -2.26. The number of carbonyl (C=O) groups excluding carboxylic acids is 1. The number of carbonyl (C=O) groups is 1. The second-order valence-corrected chi connectivity index (χ2v) is 4.64. The Kier molecular flexibility index (Phi) is 2.76. The summed E-state index contributed by atoms with van der Waals surface area (Å²) in [5.74, 6) is 0.0258. The van der Waals surface area contributed by atoms with E-state index < -0.39 is 0 Å². The van der Waals surface area contributed by atoms with Crippen molar-refractivity contribution in [3.8, 4) is 0 Å². The van der Waals surface area contributed by atoms with Gasteiger partial charge in [0.05, 0.1) is 0 Å². The average Bonchev–Trinajstić information content (AvgIpc) is 2.81. The van der Waals surface area contributed by atoms with Crippen LogP contribution >= 0.6 is 0 Å². The third kappa shape index (κ3) is 1.97. The van der Waals surface area contributed by atoms with Crippen LogP contribution in [0.3, 0.4) is 0 Å². The maximum atomic E-state index is 12.3. The highest BCUT2D eigenvalue weighted by atomic mass is 16.2. The van der Waals surface area contributed by atoms with Gasteiger partial charge in [0, 0.05) is 38.6 Å². The second-order valence-electron chi connectivity index (χ2n) is 4.64. The fraction of sp³-hybridized carbons (Fsp3) is 0.385. The van der Waals surface area contributed by atoms with Gasteiger partial charge in [0.2, 0.25) is 0 Å². The van der Waals surface area contributed by atoms with Crippen molar-refractivity contribution in [2.75, 3.05) is 26.2 Å². The molecule has 0 unspecified atom stereocenters. The number of pyridine rings is 1. The summed E-state index contributed by atoms with van der Waals surface area (Å²) in [6.07, 6.45) is 3.74. The van der Waals surface area contributed by atoms with Gasteiger partial charge in [0.25, 0.3) is 5.91 Å². The molecule has 0 bridgehead atoms. The zero-order valence-corrected chi connectivity index (χ0v) is 10.4. The third-order valence-corrected chi connectivity index (χ3v) is 3.24. The minimum atomic E-state index is 0.0258. The zero-order chi connectivity index (χ0) is 12.5. The molecule has 94 valence electrons. The summed E-state index contributed by atoms with van der Waals surface area (Å²) in [4.78, 5) is 18.5. The summed E-state index contributed by atoms with van der Waals surface area (Å²) in [5.41, 5.74) is 2.50. The number of imidazole rings is 1. The van der Waals surface area contributed by atoms with E-state index in [0.29, 0.717) is 5.69 Å². The molecule has 0 radical (unpaired) electrons. The molecule has 18 heavy (non-hydrogen) atoms. The molecule has 2 aromatic rings. The standard InChI is InChI=1S/C13H16N4O/c1-10-2-5-17-9-11(15-12(17)8-10)13(18)16-6-3-14-4-7-16/h2,5,8-9,14H,3-4,6-7H2,1H3. The molecule has 0 saturated carbocycles. The number of nitrogens with one attached hydrogen (secondary N) is 1. The second kappa shape index (κ2) is 4.42. The SMILES string of the molecule is Cc1ccn2cc(C(=O)N3CCNCC3)nc2c1. The van der Waals surface area contributed by atoms with E-state index in [2.05, 4.69) is 10.3 Å². The van der Waals surface area contributed by atoms with Crippen LogP contribution in [0.2, 0.25) is 0 Å². The van der Waals surface area contributed by atoms with E-state index >= 15 is 0 Å². The molecular formula is C13H16N4O. The molecule has 1 saturated heterocycles. The van der Waals surface area contributed by atoms with Gasteiger partial charge in [-0.2, -0.15) is 0 Å². The van der Waals surface area contributed by atoms with Crippen molar-refractivity contribution in [2.24, 2.45) is 0 Å². The smallest absolute Gasteiger partial charge is 0.274 e. The topological polar surface area (TPSA) is 49.6 Å². The van der Waals surface area contributed by atoms with Gasteiger partial charge in [-0.05, 0) is 24.6 Å². The highest BCUT2D eigenvalue weighted by molar-refractivity contribution is 5.93. The molecule has 0 aliphatic carbocycles. The van der Waals surface area contributed by atoms with E-state index in [0.717, 1.165) is 37.4 Å². The number of fused-ring (bicyclic) bond motifs is 1. The Bertz CT molecular complexity index is 584. The first kappa shape index (κ1) is 11.2. The van der Waals surface area contributed by atoms with Crippen LogP contribution in [-0.4, -0.2) is 46.4 Å². The van der Waals surface area contributed by atoms with E-state index in [9.17, 15) is 4.79 Å². The van der Waals surface area contributed by atoms with Crippen LogP contribution < -0.4 is 5.32 Å². The molecule has 1 N–H and O–H groups in total. The Hall–Kier alpha value is -1.88. The average molecular weight is 244 g/mol. The van der Waals surface area contributed by atoms with Crippen molar-refractivity contribution >= 4 is 11.6 Å². The van der Waals surface area contributed by atoms with Crippen molar-refractivity contribution in [2.45, 2.75) is 6.92 Å². The summed E-state index contributed by atoms with van der Waals surface area (Å²) >= 11 is 0. The fourth-order valence-corrected chi connectivity index (χ4v) is 2.22. The molecule has 0 atom stereocenters. The van der Waals surface area contributed by atoms with Crippen LogP contribution in [0.5, 0.6) is 0 Å². The first-order chi connectivity index (χ1) is 8.74. The molecule has 1 amide bonds. The van der Waals surface area contributed by atoms with Crippen molar-refractivity contribution in [1.29, 1.82) is 0 Å². The maximum Gasteiger partial charge on any atom is 0.274 e. The van der Waals surface area contributed by atoms with Gasteiger partial charge in [0.1, 0.15) is 11.3 Å². The van der Waals surface area contributed by atoms with Gasteiger partial charge in [-0.25, -0.2) is 4.98 Å². The molecule has 3 heterocycles. The van der Waals surface area contributed by atoms with Gasteiger partial charge in [-0.15, -0.1) is 0 Å². The normalized spacial score (nSPS) is 16.2. The highest BCUT2D eigenvalue weighted by Crippen LogP contribution is 2.10. The van der Waals surface area contributed by atoms with Crippen molar-refractivity contribution in [3.63, 3.8) is 0 Å². The summed E-state index contributed by atoms with van der Waals surface area (Å²) in [7, 11) is 0. The number of aromatic nitrogens is 2. The Balaban J connectivity index is 1.91. The summed E-state index contributed by atoms with van der Waals surface area (Å²) in [6, 6.07) is 3.99. The summed E-state index contributed by atoms with van der Waals surface area (Å²) < 4.78 is 1.89. The molecule has 2 aromatic heterocycles. The maximum absolute atomic E-state index is 12.3. The lowest BCUT2D eigenvalue weighted by atomic mass is 10.3.